The van der Waals surface area contributed by atoms with Crippen LogP contribution in [-0.4, -0.2) is 46.6 Å². The summed E-state index contributed by atoms with van der Waals surface area (Å²) in [5.74, 6) is 1.43. The van der Waals surface area contributed by atoms with E-state index in [-0.39, 0.29) is 23.2 Å². The molecule has 4 nitrogen and oxygen atoms in total. The molecule has 2 saturated carbocycles. The predicted molar refractivity (Wildman–Crippen MR) is 134 cm³/mol. The van der Waals surface area contributed by atoms with Gasteiger partial charge in [0.15, 0.2) is 18.2 Å². The van der Waals surface area contributed by atoms with E-state index in [9.17, 15) is 8.42 Å². The Bertz CT molecular complexity index is 674. The standard InChI is InChI=1S/C25H50O4SSi/c1-10-31(11-2,12-3)29-22-14-13-17-25(8)20(15-16-21(22)25)19(4)23(28-9)18-30(26,27)24(5,6)7/h19-23H,10-18H2,1-9H3/t19-,20?,21-,22-,23?,25+/m0/s1. The van der Waals surface area contributed by atoms with Crippen molar-refractivity contribution in [3.05, 3.63) is 0 Å². The molecule has 0 aliphatic heterocycles. The summed E-state index contributed by atoms with van der Waals surface area (Å²) in [6.07, 6.45) is 6.16. The second-order valence-corrected chi connectivity index (χ2v) is 19.1. The highest BCUT2D eigenvalue weighted by Crippen LogP contribution is 2.59. The van der Waals surface area contributed by atoms with Crippen molar-refractivity contribution < 1.29 is 17.6 Å². The van der Waals surface area contributed by atoms with Crippen molar-refractivity contribution in [3.8, 4) is 0 Å². The summed E-state index contributed by atoms with van der Waals surface area (Å²) < 4.78 is 38.0. The van der Waals surface area contributed by atoms with Crippen LogP contribution in [0.2, 0.25) is 18.1 Å². The van der Waals surface area contributed by atoms with Crippen LogP contribution in [-0.2, 0) is 19.0 Å². The maximum atomic E-state index is 12.9. The summed E-state index contributed by atoms with van der Waals surface area (Å²) in [5, 5.41) is 0. The first-order valence-electron chi connectivity index (χ1n) is 12.7. The molecule has 0 amide bonds. The van der Waals surface area contributed by atoms with Crippen molar-refractivity contribution in [2.45, 2.75) is 123 Å². The molecule has 2 aliphatic rings. The molecule has 0 saturated heterocycles. The van der Waals surface area contributed by atoms with E-state index in [0.717, 1.165) is 6.42 Å². The van der Waals surface area contributed by atoms with Crippen LogP contribution in [0.25, 0.3) is 0 Å². The molecule has 184 valence electrons. The van der Waals surface area contributed by atoms with E-state index in [0.29, 0.717) is 17.9 Å². The van der Waals surface area contributed by atoms with Gasteiger partial charge in [0.1, 0.15) is 0 Å². The maximum absolute atomic E-state index is 12.9. The van der Waals surface area contributed by atoms with Gasteiger partial charge >= 0.3 is 0 Å². The van der Waals surface area contributed by atoms with E-state index in [1.165, 1.54) is 43.8 Å². The number of sulfone groups is 1. The van der Waals surface area contributed by atoms with Gasteiger partial charge in [-0.05, 0) is 87.8 Å². The van der Waals surface area contributed by atoms with Crippen LogP contribution in [0.4, 0.5) is 0 Å². The lowest BCUT2D eigenvalue weighted by Crippen LogP contribution is -2.49. The number of hydrogen-bond donors (Lipinski definition) is 0. The highest BCUT2D eigenvalue weighted by molar-refractivity contribution is 7.92. The minimum atomic E-state index is -3.22. The van der Waals surface area contributed by atoms with Crippen LogP contribution in [0.5, 0.6) is 0 Å². The lowest BCUT2D eigenvalue weighted by molar-refractivity contribution is -0.0421. The number of methoxy groups -OCH3 is 1. The minimum absolute atomic E-state index is 0.114. The molecule has 31 heavy (non-hydrogen) atoms. The van der Waals surface area contributed by atoms with Crippen LogP contribution in [0.3, 0.4) is 0 Å². The smallest absolute Gasteiger partial charge is 0.192 e. The van der Waals surface area contributed by atoms with E-state index < -0.39 is 22.9 Å². The van der Waals surface area contributed by atoms with Crippen molar-refractivity contribution in [3.63, 3.8) is 0 Å². The van der Waals surface area contributed by atoms with Gasteiger partial charge in [-0.15, -0.1) is 0 Å². The van der Waals surface area contributed by atoms with E-state index in [2.05, 4.69) is 34.6 Å². The van der Waals surface area contributed by atoms with Crippen LogP contribution in [0.15, 0.2) is 0 Å². The molecule has 6 atom stereocenters. The third-order valence-corrected chi connectivity index (χ3v) is 16.6. The molecule has 2 aliphatic carbocycles. The first-order valence-corrected chi connectivity index (χ1v) is 16.9. The van der Waals surface area contributed by atoms with E-state index in [4.69, 9.17) is 9.16 Å². The van der Waals surface area contributed by atoms with Gasteiger partial charge in [0.05, 0.1) is 16.6 Å². The first-order chi connectivity index (χ1) is 14.3. The predicted octanol–water partition coefficient (Wildman–Crippen LogP) is 6.46. The number of rotatable bonds is 10. The lowest BCUT2D eigenvalue weighted by Gasteiger charge is -2.49. The van der Waals surface area contributed by atoms with Crippen molar-refractivity contribution >= 4 is 18.2 Å². The summed E-state index contributed by atoms with van der Waals surface area (Å²) >= 11 is 0. The monoisotopic (exact) mass is 474 g/mol. The average Bonchev–Trinajstić information content (AvgIpc) is 3.06. The molecule has 0 aromatic rings. The fourth-order valence-corrected chi connectivity index (χ4v) is 10.9. The van der Waals surface area contributed by atoms with Gasteiger partial charge in [-0.25, -0.2) is 8.42 Å². The second kappa shape index (κ2) is 10.1. The SMILES string of the molecule is CC[Si](CC)(CC)O[C@H]1CCC[C@]2(C)C([C@H](C)C(CS(=O)(=O)C(C)(C)C)OC)CC[C@@H]12. The maximum Gasteiger partial charge on any atom is 0.192 e. The molecule has 0 bridgehead atoms. The molecule has 2 fully saturated rings. The van der Waals surface area contributed by atoms with E-state index in [1.54, 1.807) is 27.9 Å². The first kappa shape index (κ1) is 27.3. The molecule has 2 unspecified atom stereocenters. The Balaban J connectivity index is 2.22. The molecule has 0 aromatic heterocycles. The molecule has 0 radical (unpaired) electrons. The van der Waals surface area contributed by atoms with Crippen molar-refractivity contribution in [1.82, 2.24) is 0 Å². The Morgan fingerprint density at radius 1 is 1.06 bits per heavy atom. The molecule has 0 N–H and O–H groups in total. The zero-order valence-corrected chi connectivity index (χ0v) is 23.6. The Hall–Kier alpha value is 0.0869. The van der Waals surface area contributed by atoms with Crippen LogP contribution < -0.4 is 0 Å². The Labute approximate surface area is 194 Å². The number of hydrogen-bond acceptors (Lipinski definition) is 4. The third kappa shape index (κ3) is 5.43. The average molecular weight is 475 g/mol. The Morgan fingerprint density at radius 2 is 1.65 bits per heavy atom. The van der Waals surface area contributed by atoms with Crippen molar-refractivity contribution in [1.29, 1.82) is 0 Å². The zero-order valence-electron chi connectivity index (χ0n) is 21.8. The van der Waals surface area contributed by atoms with Gasteiger partial charge in [0, 0.05) is 13.2 Å². The highest BCUT2D eigenvalue weighted by Gasteiger charge is 2.55. The van der Waals surface area contributed by atoms with Gasteiger partial charge in [-0.3, -0.25) is 0 Å². The second-order valence-electron chi connectivity index (χ2n) is 11.6. The Kier molecular flexibility index (Phi) is 8.95. The van der Waals surface area contributed by atoms with Crippen LogP contribution in [0.1, 0.15) is 87.5 Å². The summed E-state index contributed by atoms with van der Waals surface area (Å²) in [5.41, 5.74) is 0.222. The lowest BCUT2D eigenvalue weighted by atomic mass is 9.61. The summed E-state index contributed by atoms with van der Waals surface area (Å²) in [6.45, 7) is 17.0. The molecule has 0 heterocycles. The molecule has 6 heteroatoms. The number of fused-ring (bicyclic) bond motifs is 1. The molecular weight excluding hydrogens is 424 g/mol. The highest BCUT2D eigenvalue weighted by atomic mass is 32.2. The van der Waals surface area contributed by atoms with Crippen molar-refractivity contribution in [2.75, 3.05) is 12.9 Å². The molecular formula is C25H50O4SSi. The van der Waals surface area contributed by atoms with Gasteiger partial charge in [-0.1, -0.05) is 41.0 Å². The van der Waals surface area contributed by atoms with E-state index >= 15 is 0 Å². The van der Waals surface area contributed by atoms with Gasteiger partial charge in [-0.2, -0.15) is 0 Å². The van der Waals surface area contributed by atoms with E-state index in [1.807, 2.05) is 0 Å². The Morgan fingerprint density at radius 3 is 2.13 bits per heavy atom. The fourth-order valence-electron chi connectivity index (χ4n) is 6.65. The van der Waals surface area contributed by atoms with Gasteiger partial charge < -0.3 is 9.16 Å². The summed E-state index contributed by atoms with van der Waals surface area (Å²) in [6, 6.07) is 3.61. The normalized spacial score (nSPS) is 32.0. The number of ether oxygens (including phenoxy) is 1. The van der Waals surface area contributed by atoms with Gasteiger partial charge in [0.25, 0.3) is 0 Å². The molecule has 0 spiro atoms. The fraction of sp³-hybridized carbons (Fsp3) is 1.00. The quantitative estimate of drug-likeness (QED) is 0.341. The zero-order chi connectivity index (χ0) is 23.7. The van der Waals surface area contributed by atoms with Crippen LogP contribution >= 0.6 is 0 Å². The summed E-state index contributed by atoms with van der Waals surface area (Å²) in [7, 11) is -3.17. The van der Waals surface area contributed by atoms with Crippen molar-refractivity contribution in [2.24, 2.45) is 23.2 Å². The largest absolute Gasteiger partial charge is 0.414 e. The van der Waals surface area contributed by atoms with Crippen LogP contribution in [0, 0.1) is 23.2 Å². The molecule has 2 rings (SSSR count). The topological polar surface area (TPSA) is 52.6 Å². The van der Waals surface area contributed by atoms with Gasteiger partial charge in [0.2, 0.25) is 0 Å². The molecule has 0 aromatic carbocycles. The third-order valence-electron chi connectivity index (χ3n) is 9.31. The minimum Gasteiger partial charge on any atom is -0.414 e. The summed E-state index contributed by atoms with van der Waals surface area (Å²) in [4.78, 5) is 0.